The van der Waals surface area contributed by atoms with Crippen molar-refractivity contribution in [2.75, 3.05) is 7.11 Å². The first kappa shape index (κ1) is 14.5. The lowest BCUT2D eigenvalue weighted by Crippen LogP contribution is -2.18. The third kappa shape index (κ3) is 3.58. The Morgan fingerprint density at radius 1 is 1.20 bits per heavy atom. The summed E-state index contributed by atoms with van der Waals surface area (Å²) in [5.41, 5.74) is 2.93. The number of hydrogen-bond acceptors (Lipinski definition) is 2. The van der Waals surface area contributed by atoms with Crippen LogP contribution in [0.1, 0.15) is 29.7 Å². The number of rotatable bonds is 5. The normalized spacial score (nSPS) is 12.2. The van der Waals surface area contributed by atoms with Crippen molar-refractivity contribution in [2.24, 2.45) is 0 Å². The van der Waals surface area contributed by atoms with Crippen molar-refractivity contribution < 1.29 is 9.13 Å². The molecule has 0 radical (unpaired) electrons. The number of halogens is 1. The van der Waals surface area contributed by atoms with Crippen molar-refractivity contribution in [3.05, 3.63) is 65.0 Å². The van der Waals surface area contributed by atoms with Gasteiger partial charge in [0.25, 0.3) is 0 Å². The van der Waals surface area contributed by atoms with Gasteiger partial charge >= 0.3 is 0 Å². The molecule has 0 unspecified atom stereocenters. The Labute approximate surface area is 119 Å². The largest absolute Gasteiger partial charge is 0.497 e. The van der Waals surface area contributed by atoms with E-state index >= 15 is 0 Å². The van der Waals surface area contributed by atoms with Crippen LogP contribution in [0.3, 0.4) is 0 Å². The lowest BCUT2D eigenvalue weighted by molar-refractivity contribution is 0.413. The van der Waals surface area contributed by atoms with E-state index in [4.69, 9.17) is 4.74 Å². The monoisotopic (exact) mass is 273 g/mol. The van der Waals surface area contributed by atoms with Crippen molar-refractivity contribution in [3.8, 4) is 5.75 Å². The molecule has 0 aliphatic heterocycles. The highest BCUT2D eigenvalue weighted by Crippen LogP contribution is 2.19. The fraction of sp³-hybridized carbons (Fsp3) is 0.294. The van der Waals surface area contributed by atoms with Crippen LogP contribution in [0.25, 0.3) is 0 Å². The second-order valence-electron chi connectivity index (χ2n) is 4.96. The Kier molecular flexibility index (Phi) is 4.74. The van der Waals surface area contributed by atoms with E-state index in [1.165, 1.54) is 11.6 Å². The minimum Gasteiger partial charge on any atom is -0.497 e. The Hall–Kier alpha value is -1.87. The molecule has 3 heteroatoms. The highest BCUT2D eigenvalue weighted by molar-refractivity contribution is 5.30. The number of aryl methyl sites for hydroxylation is 1. The van der Waals surface area contributed by atoms with Crippen molar-refractivity contribution in [1.29, 1.82) is 0 Å². The molecule has 0 aliphatic carbocycles. The van der Waals surface area contributed by atoms with Crippen LogP contribution in [-0.4, -0.2) is 7.11 Å². The molecule has 0 aliphatic rings. The highest BCUT2D eigenvalue weighted by Gasteiger charge is 2.06. The van der Waals surface area contributed by atoms with Gasteiger partial charge in [0.05, 0.1) is 7.11 Å². The zero-order valence-electron chi connectivity index (χ0n) is 12.1. The fourth-order valence-corrected chi connectivity index (χ4v) is 2.12. The van der Waals surface area contributed by atoms with Crippen LogP contribution < -0.4 is 10.1 Å². The Bertz CT molecular complexity index is 583. The van der Waals surface area contributed by atoms with Gasteiger partial charge in [0, 0.05) is 12.6 Å². The average Bonchev–Trinajstić information content (AvgIpc) is 2.48. The first-order valence-corrected chi connectivity index (χ1v) is 6.72. The van der Waals surface area contributed by atoms with E-state index in [9.17, 15) is 4.39 Å². The third-order valence-corrected chi connectivity index (χ3v) is 3.43. The van der Waals surface area contributed by atoms with Gasteiger partial charge in [-0.2, -0.15) is 0 Å². The van der Waals surface area contributed by atoms with E-state index in [2.05, 4.69) is 18.3 Å². The third-order valence-electron chi connectivity index (χ3n) is 3.43. The second kappa shape index (κ2) is 6.53. The molecule has 106 valence electrons. The van der Waals surface area contributed by atoms with Crippen LogP contribution in [0.4, 0.5) is 4.39 Å². The highest BCUT2D eigenvalue weighted by atomic mass is 19.1. The number of ether oxygens (including phenoxy) is 1. The number of benzene rings is 2. The van der Waals surface area contributed by atoms with Crippen LogP contribution in [0.15, 0.2) is 42.5 Å². The predicted molar refractivity (Wildman–Crippen MR) is 79.4 cm³/mol. The maximum atomic E-state index is 13.2. The molecule has 0 saturated heterocycles. The van der Waals surface area contributed by atoms with E-state index in [-0.39, 0.29) is 11.9 Å². The van der Waals surface area contributed by atoms with E-state index in [0.717, 1.165) is 11.3 Å². The maximum absolute atomic E-state index is 13.2. The first-order chi connectivity index (χ1) is 9.60. The Balaban J connectivity index is 2.00. The summed E-state index contributed by atoms with van der Waals surface area (Å²) in [6.07, 6.45) is 0. The fourth-order valence-electron chi connectivity index (χ4n) is 2.12. The topological polar surface area (TPSA) is 21.3 Å². The summed E-state index contributed by atoms with van der Waals surface area (Å²) in [6, 6.07) is 13.4. The van der Waals surface area contributed by atoms with Crippen LogP contribution in [0.2, 0.25) is 0 Å². The molecule has 2 aromatic rings. The van der Waals surface area contributed by atoms with E-state index in [1.54, 1.807) is 14.0 Å². The van der Waals surface area contributed by atoms with E-state index < -0.39 is 0 Å². The number of methoxy groups -OCH3 is 1. The van der Waals surface area contributed by atoms with Crippen LogP contribution in [-0.2, 0) is 6.54 Å². The Morgan fingerprint density at radius 2 is 2.00 bits per heavy atom. The van der Waals surface area contributed by atoms with E-state index in [1.807, 2.05) is 30.3 Å². The molecule has 1 N–H and O–H groups in total. The maximum Gasteiger partial charge on any atom is 0.126 e. The van der Waals surface area contributed by atoms with Gasteiger partial charge in [-0.3, -0.25) is 0 Å². The van der Waals surface area contributed by atoms with Gasteiger partial charge in [0.2, 0.25) is 0 Å². The molecule has 0 fully saturated rings. The molecule has 0 spiro atoms. The first-order valence-electron chi connectivity index (χ1n) is 6.72. The molecule has 2 rings (SSSR count). The summed E-state index contributed by atoms with van der Waals surface area (Å²) in [5, 5.41) is 3.44. The molecule has 0 amide bonds. The molecular weight excluding hydrogens is 253 g/mol. The van der Waals surface area contributed by atoms with Crippen molar-refractivity contribution in [1.82, 2.24) is 5.32 Å². The summed E-state index contributed by atoms with van der Waals surface area (Å²) in [6.45, 7) is 4.59. The molecule has 2 nitrogen and oxygen atoms in total. The van der Waals surface area contributed by atoms with Gasteiger partial charge < -0.3 is 10.1 Å². The summed E-state index contributed by atoms with van der Waals surface area (Å²) >= 11 is 0. The lowest BCUT2D eigenvalue weighted by atomic mass is 10.1. The van der Waals surface area contributed by atoms with Gasteiger partial charge in [-0.05, 0) is 48.7 Å². The average molecular weight is 273 g/mol. The zero-order chi connectivity index (χ0) is 14.5. The molecule has 0 aromatic heterocycles. The van der Waals surface area contributed by atoms with Crippen LogP contribution in [0, 0.1) is 12.7 Å². The number of nitrogens with one attached hydrogen (secondary N) is 1. The smallest absolute Gasteiger partial charge is 0.126 e. The second-order valence-corrected chi connectivity index (χ2v) is 4.96. The minimum absolute atomic E-state index is 0.158. The van der Waals surface area contributed by atoms with Gasteiger partial charge in [-0.25, -0.2) is 4.39 Å². The molecule has 1 atom stereocenters. The van der Waals surface area contributed by atoms with Crippen LogP contribution >= 0.6 is 0 Å². The van der Waals surface area contributed by atoms with Gasteiger partial charge in [0.15, 0.2) is 0 Å². The van der Waals surface area contributed by atoms with Gasteiger partial charge in [-0.1, -0.05) is 24.3 Å². The van der Waals surface area contributed by atoms with Crippen LogP contribution in [0.5, 0.6) is 5.75 Å². The molecule has 0 bridgehead atoms. The minimum atomic E-state index is -0.158. The summed E-state index contributed by atoms with van der Waals surface area (Å²) in [7, 11) is 1.67. The zero-order valence-corrected chi connectivity index (χ0v) is 12.1. The molecule has 20 heavy (non-hydrogen) atoms. The summed E-state index contributed by atoms with van der Waals surface area (Å²) in [5.74, 6) is 0.698. The van der Waals surface area contributed by atoms with E-state index in [0.29, 0.717) is 12.1 Å². The number of hydrogen-bond donors (Lipinski definition) is 1. The molecule has 0 heterocycles. The molecular formula is C17H20FNO. The predicted octanol–water partition coefficient (Wildman–Crippen LogP) is 3.99. The van der Waals surface area contributed by atoms with Gasteiger partial charge in [-0.15, -0.1) is 0 Å². The van der Waals surface area contributed by atoms with Crippen molar-refractivity contribution in [3.63, 3.8) is 0 Å². The Morgan fingerprint density at radius 3 is 2.70 bits per heavy atom. The molecule has 2 aromatic carbocycles. The molecule has 0 saturated carbocycles. The van der Waals surface area contributed by atoms with Gasteiger partial charge in [0.1, 0.15) is 11.6 Å². The quantitative estimate of drug-likeness (QED) is 0.889. The SMILES string of the molecule is COc1cccc([C@@H](C)NCc2ccc(F)c(C)c2)c1. The lowest BCUT2D eigenvalue weighted by Gasteiger charge is -2.15. The van der Waals surface area contributed by atoms with Crippen molar-refractivity contribution >= 4 is 0 Å². The standard InChI is InChI=1S/C17H20FNO/c1-12-9-14(7-8-17(12)18)11-19-13(2)15-5-4-6-16(10-15)20-3/h4-10,13,19H,11H2,1-3H3/t13-/m1/s1. The van der Waals surface area contributed by atoms with Crippen molar-refractivity contribution in [2.45, 2.75) is 26.4 Å². The summed E-state index contributed by atoms with van der Waals surface area (Å²) in [4.78, 5) is 0. The summed E-state index contributed by atoms with van der Waals surface area (Å²) < 4.78 is 18.4.